The van der Waals surface area contributed by atoms with Gasteiger partial charge in [-0.25, -0.2) is 9.37 Å². The van der Waals surface area contributed by atoms with Gasteiger partial charge < -0.3 is 15.2 Å². The molecule has 1 aromatic heterocycles. The van der Waals surface area contributed by atoms with Crippen molar-refractivity contribution in [3.8, 4) is 0 Å². The first-order chi connectivity index (χ1) is 9.08. The fourth-order valence-electron chi connectivity index (χ4n) is 2.50. The zero-order chi connectivity index (χ0) is 14.0. The summed E-state index contributed by atoms with van der Waals surface area (Å²) in [5.74, 6) is 0.0535. The third-order valence-electron chi connectivity index (χ3n) is 3.56. The van der Waals surface area contributed by atoms with Gasteiger partial charge in [-0.05, 0) is 32.1 Å². The first kappa shape index (κ1) is 13.8. The van der Waals surface area contributed by atoms with Gasteiger partial charge in [-0.1, -0.05) is 19.9 Å². The van der Waals surface area contributed by atoms with Gasteiger partial charge in [0, 0.05) is 12.6 Å². The number of hydrogen-bond donors (Lipinski definition) is 1. The van der Waals surface area contributed by atoms with Crippen molar-refractivity contribution in [2.24, 2.45) is 0 Å². The number of aromatic nitrogens is 2. The van der Waals surface area contributed by atoms with Gasteiger partial charge in [0.15, 0.2) is 5.82 Å². The zero-order valence-corrected chi connectivity index (χ0v) is 11.7. The maximum Gasteiger partial charge on any atom is 0.201 e. The molecule has 4 nitrogen and oxygen atoms in total. The Labute approximate surface area is 113 Å². The Balaban J connectivity index is 2.39. The minimum absolute atomic E-state index is 0.159. The molecule has 0 fully saturated rings. The number of halogens is 1. The van der Waals surface area contributed by atoms with E-state index in [1.807, 2.05) is 10.6 Å². The fraction of sp³-hybridized carbons (Fsp3) is 0.500. The van der Waals surface area contributed by atoms with Gasteiger partial charge in [-0.2, -0.15) is 0 Å². The molecular weight excluding hydrogens is 243 g/mol. The number of hydrogen-bond acceptors (Lipinski definition) is 3. The van der Waals surface area contributed by atoms with E-state index in [2.05, 4.69) is 30.7 Å². The largest absolute Gasteiger partial charge is 0.369 e. The summed E-state index contributed by atoms with van der Waals surface area (Å²) in [4.78, 5) is 6.45. The van der Waals surface area contributed by atoms with Gasteiger partial charge in [-0.15, -0.1) is 0 Å². The number of benzene rings is 1. The highest BCUT2D eigenvalue weighted by molar-refractivity contribution is 5.79. The second-order valence-corrected chi connectivity index (χ2v) is 4.78. The molecule has 19 heavy (non-hydrogen) atoms. The number of rotatable bonds is 5. The molecule has 1 unspecified atom stereocenters. The van der Waals surface area contributed by atoms with Gasteiger partial charge in [0.25, 0.3) is 0 Å². The van der Waals surface area contributed by atoms with Crippen LogP contribution in [0.4, 0.5) is 10.3 Å². The van der Waals surface area contributed by atoms with E-state index in [-0.39, 0.29) is 11.9 Å². The molecule has 0 saturated carbocycles. The van der Waals surface area contributed by atoms with Crippen LogP contribution in [0.5, 0.6) is 0 Å². The Morgan fingerprint density at radius 1 is 1.37 bits per heavy atom. The van der Waals surface area contributed by atoms with Crippen LogP contribution >= 0.6 is 0 Å². The molecule has 2 N–H and O–H groups in total. The number of nitrogens with zero attached hydrogens (tertiary/aromatic N) is 3. The SMILES string of the molecule is CCN(CC)CC(C)n1c(N)nc2c(F)cccc21. The van der Waals surface area contributed by atoms with Crippen LogP contribution in [0.3, 0.4) is 0 Å². The highest BCUT2D eigenvalue weighted by Crippen LogP contribution is 2.24. The van der Waals surface area contributed by atoms with Crippen molar-refractivity contribution >= 4 is 17.0 Å². The molecular formula is C14H21FN4. The molecule has 1 heterocycles. The lowest BCUT2D eigenvalue weighted by molar-refractivity contribution is 0.264. The summed E-state index contributed by atoms with van der Waals surface area (Å²) in [5, 5.41) is 0. The van der Waals surface area contributed by atoms with Crippen LogP contribution in [-0.2, 0) is 0 Å². The van der Waals surface area contributed by atoms with E-state index in [9.17, 15) is 4.39 Å². The third-order valence-corrected chi connectivity index (χ3v) is 3.56. The number of fused-ring (bicyclic) bond motifs is 1. The number of nitrogen functional groups attached to an aromatic ring is 1. The van der Waals surface area contributed by atoms with Crippen LogP contribution in [0.15, 0.2) is 18.2 Å². The van der Waals surface area contributed by atoms with E-state index >= 15 is 0 Å². The number of para-hydroxylation sites is 1. The number of imidazole rings is 1. The van der Waals surface area contributed by atoms with Crippen molar-refractivity contribution in [1.82, 2.24) is 14.5 Å². The van der Waals surface area contributed by atoms with E-state index in [1.165, 1.54) is 6.07 Å². The van der Waals surface area contributed by atoms with Gasteiger partial charge in [-0.3, -0.25) is 0 Å². The molecule has 5 heteroatoms. The van der Waals surface area contributed by atoms with Crippen LogP contribution in [0.25, 0.3) is 11.0 Å². The van der Waals surface area contributed by atoms with E-state index in [0.29, 0.717) is 11.5 Å². The third kappa shape index (κ3) is 2.56. The van der Waals surface area contributed by atoms with Gasteiger partial charge >= 0.3 is 0 Å². The summed E-state index contributed by atoms with van der Waals surface area (Å²) in [5.41, 5.74) is 7.06. The Kier molecular flexibility index (Phi) is 4.04. The van der Waals surface area contributed by atoms with E-state index < -0.39 is 0 Å². The summed E-state index contributed by atoms with van der Waals surface area (Å²) < 4.78 is 15.6. The first-order valence-electron chi connectivity index (χ1n) is 6.72. The molecule has 1 atom stereocenters. The Morgan fingerprint density at radius 3 is 2.68 bits per heavy atom. The second kappa shape index (κ2) is 5.57. The van der Waals surface area contributed by atoms with Crippen LogP contribution in [0, 0.1) is 5.82 Å². The van der Waals surface area contributed by atoms with Crippen LogP contribution in [0.2, 0.25) is 0 Å². The molecule has 0 saturated heterocycles. The molecule has 2 rings (SSSR count). The number of anilines is 1. The highest BCUT2D eigenvalue weighted by Gasteiger charge is 2.17. The van der Waals surface area contributed by atoms with Crippen molar-refractivity contribution in [1.29, 1.82) is 0 Å². The predicted octanol–water partition coefficient (Wildman–Crippen LogP) is 2.66. The lowest BCUT2D eigenvalue weighted by atomic mass is 10.2. The Bertz CT molecular complexity index is 560. The Hall–Kier alpha value is -1.62. The molecule has 0 bridgehead atoms. The number of nitrogens with two attached hydrogens (primary N) is 1. The van der Waals surface area contributed by atoms with Crippen LogP contribution in [0.1, 0.15) is 26.8 Å². The summed E-state index contributed by atoms with van der Waals surface area (Å²) in [6.07, 6.45) is 0. The normalized spacial score (nSPS) is 13.3. The molecule has 0 radical (unpaired) electrons. The predicted molar refractivity (Wildman–Crippen MR) is 76.6 cm³/mol. The van der Waals surface area contributed by atoms with Crippen molar-refractivity contribution in [3.63, 3.8) is 0 Å². The maximum atomic E-state index is 13.7. The molecule has 0 spiro atoms. The van der Waals surface area contributed by atoms with Gasteiger partial charge in [0.1, 0.15) is 5.52 Å². The van der Waals surface area contributed by atoms with Crippen LogP contribution < -0.4 is 5.73 Å². The standard InChI is InChI=1S/C14H21FN4/c1-4-18(5-2)9-10(3)19-12-8-6-7-11(15)13(12)17-14(19)16/h6-8,10H,4-5,9H2,1-3H3,(H2,16,17). The number of likely N-dealkylation sites (N-methyl/N-ethyl adjacent to an activating group) is 1. The second-order valence-electron chi connectivity index (χ2n) is 4.78. The fourth-order valence-corrected chi connectivity index (χ4v) is 2.50. The van der Waals surface area contributed by atoms with E-state index in [4.69, 9.17) is 5.73 Å². The minimum atomic E-state index is -0.321. The summed E-state index contributed by atoms with van der Waals surface area (Å²) in [6, 6.07) is 5.13. The van der Waals surface area contributed by atoms with E-state index in [0.717, 1.165) is 25.2 Å². The topological polar surface area (TPSA) is 47.1 Å². The maximum absolute atomic E-state index is 13.7. The van der Waals surface area contributed by atoms with Crippen molar-refractivity contribution in [2.75, 3.05) is 25.4 Å². The van der Waals surface area contributed by atoms with E-state index in [1.54, 1.807) is 6.07 Å². The van der Waals surface area contributed by atoms with Crippen molar-refractivity contribution in [2.45, 2.75) is 26.8 Å². The molecule has 2 aromatic rings. The molecule has 0 aliphatic heterocycles. The molecule has 1 aromatic carbocycles. The van der Waals surface area contributed by atoms with Gasteiger partial charge in [0.05, 0.1) is 5.52 Å². The summed E-state index contributed by atoms with van der Waals surface area (Å²) >= 11 is 0. The van der Waals surface area contributed by atoms with Gasteiger partial charge in [0.2, 0.25) is 5.95 Å². The molecule has 104 valence electrons. The smallest absolute Gasteiger partial charge is 0.201 e. The molecule has 0 amide bonds. The minimum Gasteiger partial charge on any atom is -0.369 e. The quantitative estimate of drug-likeness (QED) is 0.903. The summed E-state index contributed by atoms with van der Waals surface area (Å²) in [6.45, 7) is 9.19. The summed E-state index contributed by atoms with van der Waals surface area (Å²) in [7, 11) is 0. The highest BCUT2D eigenvalue weighted by atomic mass is 19.1. The molecule has 0 aliphatic rings. The average molecular weight is 264 g/mol. The lowest BCUT2D eigenvalue weighted by Gasteiger charge is -2.24. The average Bonchev–Trinajstić information content (AvgIpc) is 2.73. The Morgan fingerprint density at radius 2 is 2.05 bits per heavy atom. The zero-order valence-electron chi connectivity index (χ0n) is 11.7. The van der Waals surface area contributed by atoms with Crippen LogP contribution in [-0.4, -0.2) is 34.1 Å². The monoisotopic (exact) mass is 264 g/mol. The first-order valence-corrected chi connectivity index (χ1v) is 6.72. The molecule has 0 aliphatic carbocycles. The van der Waals surface area contributed by atoms with Crippen molar-refractivity contribution < 1.29 is 4.39 Å². The lowest BCUT2D eigenvalue weighted by Crippen LogP contribution is -2.29. The van der Waals surface area contributed by atoms with Crippen molar-refractivity contribution in [3.05, 3.63) is 24.0 Å².